The van der Waals surface area contributed by atoms with Crippen molar-refractivity contribution >= 4 is 5.91 Å². The maximum atomic E-state index is 12.4. The van der Waals surface area contributed by atoms with Gasteiger partial charge in [0.15, 0.2) is 0 Å². The third-order valence-electron chi connectivity index (χ3n) is 3.72. The monoisotopic (exact) mass is 242 g/mol. The Bertz CT molecular complexity index is 294. The van der Waals surface area contributed by atoms with Gasteiger partial charge in [-0.2, -0.15) is 0 Å². The quantitative estimate of drug-likeness (QED) is 0.788. The van der Waals surface area contributed by atoms with Crippen LogP contribution in [-0.4, -0.2) is 58.1 Å². The van der Waals surface area contributed by atoms with Crippen LogP contribution in [0.1, 0.15) is 41.0 Å². The maximum absolute atomic E-state index is 12.4. The molecule has 4 nitrogen and oxygen atoms in total. The van der Waals surface area contributed by atoms with Crippen LogP contribution in [0.15, 0.2) is 0 Å². The Morgan fingerprint density at radius 2 is 1.94 bits per heavy atom. The first-order chi connectivity index (χ1) is 7.61. The normalized spacial score (nSPS) is 26.4. The predicted octanol–water partition coefficient (Wildman–Crippen LogP) is 1.09. The fourth-order valence-corrected chi connectivity index (χ4v) is 2.39. The summed E-state index contributed by atoms with van der Waals surface area (Å²) in [6.07, 6.45) is 0.510. The van der Waals surface area contributed by atoms with E-state index in [1.54, 1.807) is 0 Å². The van der Waals surface area contributed by atoms with Crippen molar-refractivity contribution in [3.63, 3.8) is 0 Å². The Morgan fingerprint density at radius 3 is 2.35 bits per heavy atom. The predicted molar refractivity (Wildman–Crippen MR) is 68.8 cm³/mol. The van der Waals surface area contributed by atoms with E-state index >= 15 is 0 Å². The lowest BCUT2D eigenvalue weighted by molar-refractivity contribution is -0.155. The Labute approximate surface area is 105 Å². The number of carbonyl (C=O) groups is 1. The van der Waals surface area contributed by atoms with Gasteiger partial charge in [-0.1, -0.05) is 0 Å². The van der Waals surface area contributed by atoms with Crippen molar-refractivity contribution in [3.8, 4) is 0 Å². The topological polar surface area (TPSA) is 43.8 Å². The molecular formula is C13H26N2O2. The molecule has 1 atom stereocenters. The Morgan fingerprint density at radius 1 is 1.41 bits per heavy atom. The van der Waals surface area contributed by atoms with Gasteiger partial charge in [0.05, 0.1) is 6.04 Å². The van der Waals surface area contributed by atoms with E-state index in [-0.39, 0.29) is 29.6 Å². The van der Waals surface area contributed by atoms with Gasteiger partial charge in [0.1, 0.15) is 0 Å². The molecule has 4 heteroatoms. The van der Waals surface area contributed by atoms with Gasteiger partial charge in [0.2, 0.25) is 5.91 Å². The van der Waals surface area contributed by atoms with Crippen molar-refractivity contribution < 1.29 is 9.90 Å². The minimum atomic E-state index is -0.196. The van der Waals surface area contributed by atoms with E-state index in [9.17, 15) is 4.79 Å². The molecular weight excluding hydrogens is 216 g/mol. The first kappa shape index (κ1) is 14.5. The average molecular weight is 242 g/mol. The summed E-state index contributed by atoms with van der Waals surface area (Å²) in [5.74, 6) is 0.116. The van der Waals surface area contributed by atoms with Gasteiger partial charge >= 0.3 is 0 Å². The van der Waals surface area contributed by atoms with Gasteiger partial charge in [0.25, 0.3) is 0 Å². The highest BCUT2D eigenvalue weighted by atomic mass is 16.3. The summed E-state index contributed by atoms with van der Waals surface area (Å²) >= 11 is 0. The Hall–Kier alpha value is -0.610. The zero-order chi connectivity index (χ0) is 13.4. The van der Waals surface area contributed by atoms with Crippen LogP contribution >= 0.6 is 0 Å². The lowest BCUT2D eigenvalue weighted by atomic mass is 9.89. The van der Waals surface area contributed by atoms with Gasteiger partial charge in [-0.15, -0.1) is 0 Å². The van der Waals surface area contributed by atoms with Crippen LogP contribution in [0.4, 0.5) is 0 Å². The molecule has 0 aliphatic carbocycles. The van der Waals surface area contributed by atoms with Crippen molar-refractivity contribution in [2.75, 3.05) is 20.2 Å². The van der Waals surface area contributed by atoms with Gasteiger partial charge in [-0.05, 0) is 41.0 Å². The second-order valence-corrected chi connectivity index (χ2v) is 6.54. The highest BCUT2D eigenvalue weighted by molar-refractivity contribution is 5.83. The number of nitrogens with zero attached hydrogens (tertiary/aromatic N) is 2. The molecule has 1 rings (SSSR count). The number of rotatable bonds is 2. The van der Waals surface area contributed by atoms with Gasteiger partial charge < -0.3 is 10.0 Å². The van der Waals surface area contributed by atoms with Crippen LogP contribution in [0.5, 0.6) is 0 Å². The summed E-state index contributed by atoms with van der Waals surface area (Å²) in [4.78, 5) is 16.4. The molecule has 1 aliphatic rings. The molecule has 0 aromatic heterocycles. The fraction of sp³-hybridized carbons (Fsp3) is 0.923. The van der Waals surface area contributed by atoms with Crippen molar-refractivity contribution in [3.05, 3.63) is 0 Å². The summed E-state index contributed by atoms with van der Waals surface area (Å²) in [5, 5.41) is 9.14. The Kier molecular flexibility index (Phi) is 3.89. The molecule has 0 spiro atoms. The molecule has 0 radical (unpaired) electrons. The number of carbonyl (C=O) groups excluding carboxylic acids is 1. The highest BCUT2D eigenvalue weighted by Crippen LogP contribution is 2.30. The number of hydrogen-bond acceptors (Lipinski definition) is 3. The number of piperazine rings is 1. The summed E-state index contributed by atoms with van der Waals surface area (Å²) < 4.78 is 0. The molecule has 0 aromatic carbocycles. The number of aliphatic hydroxyl groups is 1. The number of amides is 1. The van der Waals surface area contributed by atoms with Crippen LogP contribution in [0.25, 0.3) is 0 Å². The highest BCUT2D eigenvalue weighted by Gasteiger charge is 2.45. The molecule has 1 unspecified atom stereocenters. The van der Waals surface area contributed by atoms with Crippen LogP contribution in [0.3, 0.4) is 0 Å². The molecule has 100 valence electrons. The zero-order valence-electron chi connectivity index (χ0n) is 11.9. The Balaban J connectivity index is 3.04. The second-order valence-electron chi connectivity index (χ2n) is 6.54. The minimum absolute atomic E-state index is 0.0528. The molecule has 1 N–H and O–H groups in total. The van der Waals surface area contributed by atoms with Crippen LogP contribution in [0, 0.1) is 0 Å². The molecule has 1 fully saturated rings. The van der Waals surface area contributed by atoms with Crippen molar-refractivity contribution in [2.24, 2.45) is 0 Å². The van der Waals surface area contributed by atoms with Crippen molar-refractivity contribution in [2.45, 2.75) is 58.2 Å². The second kappa shape index (κ2) is 4.58. The molecule has 1 amide bonds. The molecule has 17 heavy (non-hydrogen) atoms. The molecule has 1 saturated heterocycles. The van der Waals surface area contributed by atoms with Crippen molar-refractivity contribution in [1.29, 1.82) is 0 Å². The van der Waals surface area contributed by atoms with Crippen LogP contribution < -0.4 is 0 Å². The third kappa shape index (κ3) is 2.80. The first-order valence-electron chi connectivity index (χ1n) is 6.26. The van der Waals surface area contributed by atoms with Gasteiger partial charge in [-0.25, -0.2) is 0 Å². The first-order valence-corrected chi connectivity index (χ1v) is 6.26. The van der Waals surface area contributed by atoms with E-state index in [0.717, 1.165) is 6.54 Å². The maximum Gasteiger partial charge on any atom is 0.240 e. The largest absolute Gasteiger partial charge is 0.396 e. The van der Waals surface area contributed by atoms with Gasteiger partial charge in [-0.3, -0.25) is 9.69 Å². The summed E-state index contributed by atoms with van der Waals surface area (Å²) in [6.45, 7) is 11.4. The van der Waals surface area contributed by atoms with E-state index in [0.29, 0.717) is 6.42 Å². The lowest BCUT2D eigenvalue weighted by Gasteiger charge is -2.53. The number of aliphatic hydroxyl groups excluding tert-OH is 1. The SMILES string of the molecule is CN1C(=O)C(CCO)N(C(C)(C)C)CC1(C)C. The minimum Gasteiger partial charge on any atom is -0.396 e. The smallest absolute Gasteiger partial charge is 0.240 e. The third-order valence-corrected chi connectivity index (χ3v) is 3.72. The molecule has 0 saturated carbocycles. The molecule has 0 bridgehead atoms. The van der Waals surface area contributed by atoms with E-state index in [2.05, 4.69) is 39.5 Å². The molecule has 1 aliphatic heterocycles. The molecule has 0 aromatic rings. The van der Waals surface area contributed by atoms with Crippen molar-refractivity contribution in [1.82, 2.24) is 9.80 Å². The van der Waals surface area contributed by atoms with E-state index in [1.165, 1.54) is 0 Å². The molecule has 1 heterocycles. The summed E-state index contributed by atoms with van der Waals surface area (Å²) in [5.41, 5.74) is -0.218. The number of likely N-dealkylation sites (N-methyl/N-ethyl adjacent to an activating group) is 1. The summed E-state index contributed by atoms with van der Waals surface area (Å²) in [7, 11) is 1.85. The average Bonchev–Trinajstić information content (AvgIpc) is 2.17. The standard InChI is InChI=1S/C13H26N2O2/c1-12(2,3)15-9-13(4,5)14(6)11(17)10(15)7-8-16/h10,16H,7-9H2,1-6H3. The fourth-order valence-electron chi connectivity index (χ4n) is 2.39. The van der Waals surface area contributed by atoms with E-state index < -0.39 is 0 Å². The van der Waals surface area contributed by atoms with Crippen LogP contribution in [-0.2, 0) is 4.79 Å². The van der Waals surface area contributed by atoms with E-state index in [4.69, 9.17) is 5.11 Å². The van der Waals surface area contributed by atoms with E-state index in [1.807, 2.05) is 11.9 Å². The van der Waals surface area contributed by atoms with Crippen LogP contribution in [0.2, 0.25) is 0 Å². The summed E-state index contributed by atoms with van der Waals surface area (Å²) in [6, 6.07) is -0.196. The van der Waals surface area contributed by atoms with Gasteiger partial charge in [0, 0.05) is 31.3 Å². The lowest BCUT2D eigenvalue weighted by Crippen LogP contribution is -2.68. The zero-order valence-corrected chi connectivity index (χ0v) is 11.9. The number of hydrogen-bond donors (Lipinski definition) is 1.